The van der Waals surface area contributed by atoms with Crippen LogP contribution in [-0.4, -0.2) is 56.1 Å². The van der Waals surface area contributed by atoms with Crippen molar-refractivity contribution in [3.8, 4) is 0 Å². The highest BCUT2D eigenvalue weighted by Gasteiger charge is 2.26. The van der Waals surface area contributed by atoms with Crippen molar-refractivity contribution in [2.75, 3.05) is 44.3 Å². The first-order valence-corrected chi connectivity index (χ1v) is 9.76. The molecule has 0 radical (unpaired) electrons. The number of rotatable bonds is 6. The van der Waals surface area contributed by atoms with Crippen molar-refractivity contribution in [1.82, 2.24) is 10.2 Å². The summed E-state index contributed by atoms with van der Waals surface area (Å²) in [7, 11) is 0. The largest absolute Gasteiger partial charge is 0.468 e. The number of anilines is 1. The summed E-state index contributed by atoms with van der Waals surface area (Å²) >= 11 is 0. The van der Waals surface area contributed by atoms with E-state index in [0.717, 1.165) is 37.5 Å². The van der Waals surface area contributed by atoms with Crippen molar-refractivity contribution in [2.24, 2.45) is 0 Å². The van der Waals surface area contributed by atoms with Crippen LogP contribution in [0.3, 0.4) is 0 Å². The van der Waals surface area contributed by atoms with Crippen LogP contribution >= 0.6 is 0 Å². The van der Waals surface area contributed by atoms with Gasteiger partial charge < -0.3 is 19.4 Å². The third-order valence-electron chi connectivity index (χ3n) is 5.33. The molecule has 2 saturated heterocycles. The van der Waals surface area contributed by atoms with Crippen LogP contribution in [0.5, 0.6) is 0 Å². The van der Waals surface area contributed by atoms with Crippen molar-refractivity contribution in [2.45, 2.75) is 18.9 Å². The zero-order valence-corrected chi connectivity index (χ0v) is 15.8. The molecule has 2 amide bonds. The van der Waals surface area contributed by atoms with Crippen molar-refractivity contribution in [3.05, 3.63) is 54.0 Å². The average Bonchev–Trinajstić information content (AvgIpc) is 3.41. The van der Waals surface area contributed by atoms with Gasteiger partial charge >= 0.3 is 0 Å². The number of morpholine rings is 1. The molecule has 1 unspecified atom stereocenters. The zero-order valence-electron chi connectivity index (χ0n) is 15.8. The molecule has 7 nitrogen and oxygen atoms in total. The Labute approximate surface area is 164 Å². The van der Waals surface area contributed by atoms with Gasteiger partial charge in [-0.15, -0.1) is 0 Å². The van der Waals surface area contributed by atoms with Crippen molar-refractivity contribution >= 4 is 17.5 Å². The molecule has 2 aromatic rings. The Balaban J connectivity index is 1.40. The van der Waals surface area contributed by atoms with E-state index in [1.807, 2.05) is 24.3 Å². The average molecular weight is 383 g/mol. The van der Waals surface area contributed by atoms with E-state index in [0.29, 0.717) is 31.7 Å². The lowest BCUT2D eigenvalue weighted by molar-refractivity contribution is -0.117. The summed E-state index contributed by atoms with van der Waals surface area (Å²) in [5.41, 5.74) is 1.43. The molecular weight excluding hydrogens is 358 g/mol. The number of nitrogens with one attached hydrogen (secondary N) is 1. The maximum atomic E-state index is 12.6. The molecule has 0 bridgehead atoms. The molecule has 2 fully saturated rings. The van der Waals surface area contributed by atoms with Gasteiger partial charge in [-0.3, -0.25) is 14.5 Å². The zero-order chi connectivity index (χ0) is 19.3. The van der Waals surface area contributed by atoms with Gasteiger partial charge in [0.1, 0.15) is 5.76 Å². The van der Waals surface area contributed by atoms with E-state index >= 15 is 0 Å². The summed E-state index contributed by atoms with van der Waals surface area (Å²) < 4.78 is 11.0. The first-order chi connectivity index (χ1) is 13.7. The van der Waals surface area contributed by atoms with E-state index in [-0.39, 0.29) is 17.9 Å². The number of furan rings is 1. The Morgan fingerprint density at radius 2 is 1.89 bits per heavy atom. The van der Waals surface area contributed by atoms with E-state index in [1.54, 1.807) is 23.3 Å². The normalized spacial score (nSPS) is 19.0. The number of carbonyl (C=O) groups is 2. The number of amides is 2. The summed E-state index contributed by atoms with van der Waals surface area (Å²) in [6.45, 7) is 4.18. The standard InChI is InChI=1S/C21H25N3O4/c25-20-4-1-9-24(20)17-7-5-16(6-8-17)21(26)22-15-18(19-3-2-12-28-19)23-10-13-27-14-11-23/h2-3,5-8,12,18H,1,4,9-11,13-15H2,(H,22,26). The van der Waals surface area contributed by atoms with Crippen LogP contribution in [-0.2, 0) is 9.53 Å². The van der Waals surface area contributed by atoms with Gasteiger partial charge in [0.25, 0.3) is 5.91 Å². The minimum Gasteiger partial charge on any atom is -0.468 e. The smallest absolute Gasteiger partial charge is 0.251 e. The fourth-order valence-corrected chi connectivity index (χ4v) is 3.78. The molecule has 0 aliphatic carbocycles. The molecule has 2 aliphatic rings. The molecule has 148 valence electrons. The lowest BCUT2D eigenvalue weighted by Gasteiger charge is -2.33. The second kappa shape index (κ2) is 8.58. The number of ether oxygens (including phenoxy) is 1. The quantitative estimate of drug-likeness (QED) is 0.828. The van der Waals surface area contributed by atoms with Gasteiger partial charge in [-0.25, -0.2) is 0 Å². The van der Waals surface area contributed by atoms with E-state index in [9.17, 15) is 9.59 Å². The Morgan fingerprint density at radius 1 is 1.11 bits per heavy atom. The number of hydrogen-bond acceptors (Lipinski definition) is 5. The fourth-order valence-electron chi connectivity index (χ4n) is 3.78. The molecule has 1 aromatic carbocycles. The van der Waals surface area contributed by atoms with Crippen LogP contribution in [0.2, 0.25) is 0 Å². The molecule has 1 atom stereocenters. The summed E-state index contributed by atoms with van der Waals surface area (Å²) in [4.78, 5) is 28.5. The predicted molar refractivity (Wildman–Crippen MR) is 104 cm³/mol. The van der Waals surface area contributed by atoms with Crippen LogP contribution in [0.15, 0.2) is 47.1 Å². The van der Waals surface area contributed by atoms with Gasteiger partial charge in [0, 0.05) is 43.9 Å². The minimum atomic E-state index is -0.135. The molecule has 0 saturated carbocycles. The lowest BCUT2D eigenvalue weighted by atomic mass is 10.1. The Hall–Kier alpha value is -2.64. The molecule has 1 aromatic heterocycles. The molecule has 2 aliphatic heterocycles. The summed E-state index contributed by atoms with van der Waals surface area (Å²) in [6, 6.07) is 11.0. The Kier molecular flexibility index (Phi) is 5.73. The van der Waals surface area contributed by atoms with E-state index in [4.69, 9.17) is 9.15 Å². The highest BCUT2D eigenvalue weighted by Crippen LogP contribution is 2.23. The maximum Gasteiger partial charge on any atom is 0.251 e. The third-order valence-corrected chi connectivity index (χ3v) is 5.33. The van der Waals surface area contributed by atoms with Gasteiger partial charge in [0.15, 0.2) is 0 Å². The van der Waals surface area contributed by atoms with Crippen LogP contribution in [0.25, 0.3) is 0 Å². The second-order valence-corrected chi connectivity index (χ2v) is 7.09. The maximum absolute atomic E-state index is 12.6. The topological polar surface area (TPSA) is 75.0 Å². The second-order valence-electron chi connectivity index (χ2n) is 7.09. The van der Waals surface area contributed by atoms with Crippen LogP contribution in [0.4, 0.5) is 5.69 Å². The monoisotopic (exact) mass is 383 g/mol. The molecule has 1 N–H and O–H groups in total. The number of nitrogens with zero attached hydrogens (tertiary/aromatic N) is 2. The SMILES string of the molecule is O=C(NCC(c1ccco1)N1CCOCC1)c1ccc(N2CCCC2=O)cc1. The highest BCUT2D eigenvalue weighted by atomic mass is 16.5. The molecular formula is C21H25N3O4. The number of carbonyl (C=O) groups excluding carboxylic acids is 2. The number of benzene rings is 1. The van der Waals surface area contributed by atoms with Gasteiger partial charge in [0.2, 0.25) is 5.91 Å². The number of hydrogen-bond donors (Lipinski definition) is 1. The van der Waals surface area contributed by atoms with Crippen molar-refractivity contribution in [1.29, 1.82) is 0 Å². The summed E-state index contributed by atoms with van der Waals surface area (Å²) in [5, 5.41) is 3.02. The van der Waals surface area contributed by atoms with Gasteiger partial charge in [-0.2, -0.15) is 0 Å². The predicted octanol–water partition coefficient (Wildman–Crippen LogP) is 2.21. The van der Waals surface area contributed by atoms with Gasteiger partial charge in [-0.1, -0.05) is 0 Å². The summed E-state index contributed by atoms with van der Waals surface area (Å²) in [5.74, 6) is 0.846. The Morgan fingerprint density at radius 3 is 2.54 bits per heavy atom. The fraction of sp³-hybridized carbons (Fsp3) is 0.429. The molecule has 0 spiro atoms. The Bertz CT molecular complexity index is 798. The van der Waals surface area contributed by atoms with E-state index in [1.165, 1.54) is 0 Å². The van der Waals surface area contributed by atoms with E-state index < -0.39 is 0 Å². The minimum absolute atomic E-state index is 0.0238. The van der Waals surface area contributed by atoms with Crippen molar-refractivity contribution < 1.29 is 18.7 Å². The summed E-state index contributed by atoms with van der Waals surface area (Å²) in [6.07, 6.45) is 3.14. The first kappa shape index (κ1) is 18.7. The molecule has 4 rings (SSSR count). The molecule has 3 heterocycles. The lowest BCUT2D eigenvalue weighted by Crippen LogP contribution is -2.43. The van der Waals surface area contributed by atoms with Crippen LogP contribution in [0, 0.1) is 0 Å². The first-order valence-electron chi connectivity index (χ1n) is 9.76. The van der Waals surface area contributed by atoms with Gasteiger partial charge in [0.05, 0.1) is 25.5 Å². The van der Waals surface area contributed by atoms with Gasteiger partial charge in [-0.05, 0) is 42.8 Å². The van der Waals surface area contributed by atoms with Crippen molar-refractivity contribution in [3.63, 3.8) is 0 Å². The molecule has 28 heavy (non-hydrogen) atoms. The highest BCUT2D eigenvalue weighted by molar-refractivity contribution is 5.97. The third kappa shape index (κ3) is 4.10. The van der Waals surface area contributed by atoms with Crippen LogP contribution in [0.1, 0.15) is 35.0 Å². The van der Waals surface area contributed by atoms with E-state index in [2.05, 4.69) is 10.2 Å². The van der Waals surface area contributed by atoms with Crippen LogP contribution < -0.4 is 10.2 Å². The molecule has 7 heteroatoms.